The average Bonchev–Trinajstić information content (AvgIpc) is 3.48. The summed E-state index contributed by atoms with van der Waals surface area (Å²) < 4.78 is 27.7. The van der Waals surface area contributed by atoms with Gasteiger partial charge in [0.1, 0.15) is 11.6 Å². The van der Waals surface area contributed by atoms with E-state index in [1.807, 2.05) is 25.4 Å². The van der Waals surface area contributed by atoms with Gasteiger partial charge in [-0.3, -0.25) is 4.68 Å². The molecule has 2 aliphatic rings. The van der Waals surface area contributed by atoms with Crippen molar-refractivity contribution >= 4 is 27.3 Å². The largest absolute Gasteiger partial charge is 0.396 e. The summed E-state index contributed by atoms with van der Waals surface area (Å²) in [5, 5.41) is 24.3. The van der Waals surface area contributed by atoms with E-state index in [0.717, 1.165) is 40.4 Å². The Balaban J connectivity index is 1.22. The molecule has 12 nitrogen and oxygen atoms in total. The molecule has 0 unspecified atom stereocenters. The highest BCUT2D eigenvalue weighted by atomic mass is 32.2. The summed E-state index contributed by atoms with van der Waals surface area (Å²) in [6, 6.07) is 5.59. The Morgan fingerprint density at radius 2 is 1.95 bits per heavy atom. The number of aryl methyl sites for hydroxylation is 1. The summed E-state index contributed by atoms with van der Waals surface area (Å²) in [5.41, 5.74) is 3.12. The van der Waals surface area contributed by atoms with Gasteiger partial charge in [0.05, 0.1) is 28.9 Å². The first-order valence-corrected chi connectivity index (χ1v) is 14.1. The monoisotopic (exact) mass is 535 g/mol. The van der Waals surface area contributed by atoms with Crippen LogP contribution in [0.25, 0.3) is 22.6 Å². The number of nitrogens with zero attached hydrogens (tertiary/aromatic N) is 7. The van der Waals surface area contributed by atoms with Crippen molar-refractivity contribution in [2.75, 3.05) is 23.8 Å². The lowest BCUT2D eigenvalue weighted by molar-refractivity contribution is 0.114. The molecule has 2 aliphatic carbocycles. The Morgan fingerprint density at radius 3 is 2.68 bits per heavy atom. The van der Waals surface area contributed by atoms with Crippen molar-refractivity contribution in [2.45, 2.75) is 30.9 Å². The van der Waals surface area contributed by atoms with E-state index in [9.17, 15) is 13.5 Å². The van der Waals surface area contributed by atoms with Crippen LogP contribution in [-0.2, 0) is 17.1 Å². The molecule has 38 heavy (non-hydrogen) atoms. The second-order valence-corrected chi connectivity index (χ2v) is 12.1. The Kier molecular flexibility index (Phi) is 6.32. The molecule has 0 amide bonds. The van der Waals surface area contributed by atoms with E-state index in [-0.39, 0.29) is 11.9 Å². The molecule has 2 fully saturated rings. The van der Waals surface area contributed by atoms with Crippen LogP contribution in [-0.4, -0.2) is 65.8 Å². The van der Waals surface area contributed by atoms with Gasteiger partial charge in [0.15, 0.2) is 5.82 Å². The summed E-state index contributed by atoms with van der Waals surface area (Å²) in [6.07, 6.45) is 11.6. The minimum Gasteiger partial charge on any atom is -0.396 e. The maximum Gasteiger partial charge on any atom is 0.256 e. The summed E-state index contributed by atoms with van der Waals surface area (Å²) >= 11 is 0. The molecular weight excluding hydrogens is 506 g/mol. The van der Waals surface area contributed by atoms with Crippen molar-refractivity contribution in [3.8, 4) is 22.6 Å². The molecule has 0 bridgehead atoms. The first-order valence-electron chi connectivity index (χ1n) is 12.6. The second-order valence-electron chi connectivity index (χ2n) is 9.99. The van der Waals surface area contributed by atoms with Crippen LogP contribution in [0.3, 0.4) is 0 Å². The van der Waals surface area contributed by atoms with Gasteiger partial charge in [-0.25, -0.2) is 23.4 Å². The minimum absolute atomic E-state index is 0.247. The van der Waals surface area contributed by atoms with Gasteiger partial charge in [0, 0.05) is 56.1 Å². The number of aliphatic hydroxyl groups is 1. The molecule has 0 saturated heterocycles. The Bertz CT molecular complexity index is 1560. The summed E-state index contributed by atoms with van der Waals surface area (Å²) in [6.45, 7) is 1.04. The number of pyridine rings is 1. The van der Waals surface area contributed by atoms with Crippen LogP contribution < -0.4 is 10.6 Å². The maximum absolute atomic E-state index is 12.5. The maximum atomic E-state index is 12.5. The molecule has 0 aromatic carbocycles. The number of hydrogen-bond acceptors (Lipinski definition) is 10. The van der Waals surface area contributed by atoms with Crippen molar-refractivity contribution in [3.63, 3.8) is 0 Å². The summed E-state index contributed by atoms with van der Waals surface area (Å²) in [5.74, 6) is 2.38. The van der Waals surface area contributed by atoms with Crippen molar-refractivity contribution in [1.82, 2.24) is 33.9 Å². The number of aromatic nitrogens is 7. The zero-order chi connectivity index (χ0) is 26.3. The predicted octanol–water partition coefficient (Wildman–Crippen LogP) is 2.65. The Morgan fingerprint density at radius 1 is 1.11 bits per heavy atom. The van der Waals surface area contributed by atoms with Crippen LogP contribution in [0.15, 0.2) is 49.2 Å². The van der Waals surface area contributed by atoms with E-state index in [1.165, 1.54) is 12.4 Å². The van der Waals surface area contributed by atoms with Crippen molar-refractivity contribution < 1.29 is 13.5 Å². The lowest BCUT2D eigenvalue weighted by atomic mass is 9.75. The topological polar surface area (TPSA) is 153 Å². The zero-order valence-electron chi connectivity index (χ0n) is 20.9. The standard InChI is InChI=1S/C25H29N9O3S/c1-33-7-5-21(32-33)20-13-28-24(10-22(20)27-11-16-8-17(9-16)15-35)30-23-4-6-26-25(31-23)18-12-29-34(14-18)38(36,37)19-2-3-19/h4-7,10,12-14,16-17,19,35H,2-3,8-9,11,15H2,1H3,(H2,26,27,28,30,31). The minimum atomic E-state index is -3.46. The first kappa shape index (κ1) is 24.5. The summed E-state index contributed by atoms with van der Waals surface area (Å²) in [4.78, 5) is 13.4. The molecule has 4 aromatic rings. The highest BCUT2D eigenvalue weighted by Gasteiger charge is 2.37. The molecule has 0 radical (unpaired) electrons. The molecule has 4 heterocycles. The van der Waals surface area contributed by atoms with Crippen molar-refractivity contribution in [1.29, 1.82) is 0 Å². The van der Waals surface area contributed by atoms with Crippen molar-refractivity contribution in [3.05, 3.63) is 49.2 Å². The number of anilines is 3. The molecule has 0 aliphatic heterocycles. The molecule has 2 saturated carbocycles. The van der Waals surface area contributed by atoms with Gasteiger partial charge in [-0.15, -0.1) is 0 Å². The third-order valence-electron chi connectivity index (χ3n) is 7.00. The number of hydrogen-bond donors (Lipinski definition) is 3. The highest BCUT2D eigenvalue weighted by Crippen LogP contribution is 2.35. The van der Waals surface area contributed by atoms with Gasteiger partial charge in [0.2, 0.25) is 0 Å². The van der Waals surface area contributed by atoms with E-state index < -0.39 is 10.0 Å². The van der Waals surface area contributed by atoms with Gasteiger partial charge in [-0.1, -0.05) is 0 Å². The number of aliphatic hydroxyl groups excluding tert-OH is 1. The Labute approximate surface area is 220 Å². The van der Waals surface area contributed by atoms with Crippen LogP contribution in [0.2, 0.25) is 0 Å². The third kappa shape index (κ3) is 4.98. The van der Waals surface area contributed by atoms with Crippen LogP contribution in [0.5, 0.6) is 0 Å². The van der Waals surface area contributed by atoms with Gasteiger partial charge in [-0.05, 0) is 49.7 Å². The number of nitrogens with one attached hydrogen (secondary N) is 2. The fourth-order valence-corrected chi connectivity index (χ4v) is 6.13. The zero-order valence-corrected chi connectivity index (χ0v) is 21.7. The quantitative estimate of drug-likeness (QED) is 0.276. The van der Waals surface area contributed by atoms with Crippen LogP contribution >= 0.6 is 0 Å². The smallest absolute Gasteiger partial charge is 0.256 e. The van der Waals surface area contributed by atoms with Gasteiger partial charge < -0.3 is 15.7 Å². The van der Waals surface area contributed by atoms with E-state index in [2.05, 4.69) is 35.8 Å². The molecule has 6 rings (SSSR count). The molecule has 0 atom stereocenters. The lowest BCUT2D eigenvalue weighted by Gasteiger charge is -2.34. The normalized spacial score (nSPS) is 19.2. The van der Waals surface area contributed by atoms with Gasteiger partial charge >= 0.3 is 0 Å². The summed E-state index contributed by atoms with van der Waals surface area (Å²) in [7, 11) is -1.58. The molecule has 198 valence electrons. The SMILES string of the molecule is Cn1ccc(-c2cnc(Nc3ccnc(-c4cnn(S(=O)(=O)C5CC5)c4)n3)cc2NCC2CC(CO)C2)n1. The van der Waals surface area contributed by atoms with E-state index in [0.29, 0.717) is 47.7 Å². The van der Waals surface area contributed by atoms with Crippen molar-refractivity contribution in [2.24, 2.45) is 18.9 Å². The van der Waals surface area contributed by atoms with Gasteiger partial charge in [-0.2, -0.15) is 14.3 Å². The lowest BCUT2D eigenvalue weighted by Crippen LogP contribution is -2.31. The number of rotatable bonds is 10. The molecule has 4 aromatic heterocycles. The van der Waals surface area contributed by atoms with Crippen LogP contribution in [0.1, 0.15) is 25.7 Å². The Hall–Kier alpha value is -3.84. The van der Waals surface area contributed by atoms with E-state index >= 15 is 0 Å². The first-order chi connectivity index (χ1) is 18.4. The molecule has 0 spiro atoms. The predicted molar refractivity (Wildman–Crippen MR) is 142 cm³/mol. The van der Waals surface area contributed by atoms with Gasteiger partial charge in [0.25, 0.3) is 10.0 Å². The fourth-order valence-electron chi connectivity index (χ4n) is 4.65. The fraction of sp³-hybridized carbons (Fsp3) is 0.400. The van der Waals surface area contributed by atoms with E-state index in [4.69, 9.17) is 0 Å². The third-order valence-corrected chi connectivity index (χ3v) is 9.04. The van der Waals surface area contributed by atoms with Crippen LogP contribution in [0.4, 0.5) is 17.3 Å². The molecule has 13 heteroatoms. The average molecular weight is 536 g/mol. The van der Waals surface area contributed by atoms with Crippen LogP contribution in [0, 0.1) is 11.8 Å². The molecular formula is C25H29N9O3S. The molecule has 3 N–H and O–H groups in total. The highest BCUT2D eigenvalue weighted by molar-refractivity contribution is 7.90. The van der Waals surface area contributed by atoms with E-state index in [1.54, 1.807) is 23.1 Å². The second kappa shape index (κ2) is 9.80.